The second-order valence-corrected chi connectivity index (χ2v) is 3.83. The zero-order valence-electron chi connectivity index (χ0n) is 9.81. The molecule has 0 saturated carbocycles. The number of Topliss-reactive ketones (excluding diaryl/α,β-unsaturated/α-hetero) is 1. The molecule has 0 saturated heterocycles. The van der Waals surface area contributed by atoms with Gasteiger partial charge in [-0.1, -0.05) is 0 Å². The smallest absolute Gasteiger partial charge is 0.198 e. The first-order chi connectivity index (χ1) is 8.04. The fraction of sp³-hybridized carbons (Fsp3) is 0.273. The molecule has 1 N–H and O–H groups in total. The lowest BCUT2D eigenvalue weighted by Crippen LogP contribution is -1.95. The van der Waals surface area contributed by atoms with Gasteiger partial charge in [0.05, 0.1) is 11.4 Å². The highest BCUT2D eigenvalue weighted by Gasteiger charge is 2.19. The number of aryl methyl sites for hydroxylation is 1. The molecule has 2 aromatic rings. The number of hydrogen-bond acceptors (Lipinski definition) is 4. The minimum Gasteiger partial charge on any atom is -0.349 e. The van der Waals surface area contributed by atoms with Crippen LogP contribution in [0.4, 0.5) is 0 Å². The van der Waals surface area contributed by atoms with E-state index in [2.05, 4.69) is 15.1 Å². The van der Waals surface area contributed by atoms with E-state index < -0.39 is 0 Å². The van der Waals surface area contributed by atoms with Crippen molar-refractivity contribution in [3.8, 4) is 11.5 Å². The summed E-state index contributed by atoms with van der Waals surface area (Å²) in [5.74, 6) is 0.290. The van der Waals surface area contributed by atoms with Crippen molar-refractivity contribution in [2.45, 2.75) is 13.8 Å². The van der Waals surface area contributed by atoms with Gasteiger partial charge in [-0.05, 0) is 12.5 Å². The van der Waals surface area contributed by atoms with Crippen molar-refractivity contribution in [3.63, 3.8) is 0 Å². The van der Waals surface area contributed by atoms with Crippen LogP contribution >= 0.6 is 0 Å². The van der Waals surface area contributed by atoms with E-state index in [1.807, 2.05) is 0 Å². The standard InChI is InChI=1S/C11H12N4O2/c1-6-8(4-16)10(13-9(6)7(2)17)11-12-5-15(3)14-11/h4-5,13H,1-3H3. The summed E-state index contributed by atoms with van der Waals surface area (Å²) < 4.78 is 1.54. The first-order valence-corrected chi connectivity index (χ1v) is 5.09. The Kier molecular flexibility index (Phi) is 2.63. The minimum absolute atomic E-state index is 0.118. The Morgan fingerprint density at radius 2 is 2.24 bits per heavy atom. The van der Waals surface area contributed by atoms with Gasteiger partial charge in [0.25, 0.3) is 0 Å². The van der Waals surface area contributed by atoms with E-state index in [4.69, 9.17) is 0 Å². The van der Waals surface area contributed by atoms with Crippen molar-refractivity contribution in [2.75, 3.05) is 0 Å². The van der Waals surface area contributed by atoms with Crippen LogP contribution in [0.2, 0.25) is 0 Å². The Morgan fingerprint density at radius 3 is 2.71 bits per heavy atom. The number of aldehydes is 1. The lowest BCUT2D eigenvalue weighted by molar-refractivity contribution is 0.101. The van der Waals surface area contributed by atoms with Crippen LogP contribution in [0.3, 0.4) is 0 Å². The molecule has 2 heterocycles. The van der Waals surface area contributed by atoms with Crippen molar-refractivity contribution in [3.05, 3.63) is 23.1 Å². The third-order valence-electron chi connectivity index (χ3n) is 2.59. The Hall–Kier alpha value is -2.24. The van der Waals surface area contributed by atoms with Gasteiger partial charge >= 0.3 is 0 Å². The monoisotopic (exact) mass is 232 g/mol. The number of carbonyl (C=O) groups is 2. The number of ketones is 1. The zero-order valence-corrected chi connectivity index (χ0v) is 9.81. The first kappa shape index (κ1) is 11.3. The summed E-state index contributed by atoms with van der Waals surface area (Å²) in [6.45, 7) is 3.17. The molecule has 0 bridgehead atoms. The molecule has 0 radical (unpaired) electrons. The topological polar surface area (TPSA) is 80.6 Å². The van der Waals surface area contributed by atoms with Gasteiger partial charge in [-0.25, -0.2) is 4.98 Å². The summed E-state index contributed by atoms with van der Waals surface area (Å²) in [6.07, 6.45) is 2.25. The maximum atomic E-state index is 11.4. The van der Waals surface area contributed by atoms with Crippen LogP contribution < -0.4 is 0 Å². The van der Waals surface area contributed by atoms with Gasteiger partial charge < -0.3 is 4.98 Å². The van der Waals surface area contributed by atoms with Crippen molar-refractivity contribution in [2.24, 2.45) is 7.05 Å². The molecule has 0 aliphatic rings. The molecule has 0 aromatic carbocycles. The van der Waals surface area contributed by atoms with Gasteiger partial charge in [0.1, 0.15) is 6.33 Å². The van der Waals surface area contributed by atoms with Gasteiger partial charge in [0.15, 0.2) is 17.9 Å². The Morgan fingerprint density at radius 1 is 1.53 bits per heavy atom. The molecule has 0 fully saturated rings. The summed E-state index contributed by atoms with van der Waals surface area (Å²) >= 11 is 0. The highest BCUT2D eigenvalue weighted by Crippen LogP contribution is 2.24. The van der Waals surface area contributed by atoms with Gasteiger partial charge in [-0.2, -0.15) is 0 Å². The van der Waals surface area contributed by atoms with E-state index in [0.717, 1.165) is 0 Å². The van der Waals surface area contributed by atoms with Crippen molar-refractivity contribution in [1.29, 1.82) is 0 Å². The number of aromatic amines is 1. The van der Waals surface area contributed by atoms with Crippen molar-refractivity contribution >= 4 is 12.1 Å². The molecule has 0 amide bonds. The van der Waals surface area contributed by atoms with E-state index in [9.17, 15) is 9.59 Å². The fourth-order valence-electron chi connectivity index (χ4n) is 1.74. The SMILES string of the molecule is CC(=O)c1[nH]c(-c2ncn(C)n2)c(C=O)c1C. The summed E-state index contributed by atoms with van der Waals surface area (Å²) in [5, 5.41) is 4.11. The third-order valence-corrected chi connectivity index (χ3v) is 2.59. The quantitative estimate of drug-likeness (QED) is 0.635. The van der Waals surface area contributed by atoms with Gasteiger partial charge in [-0.15, -0.1) is 5.10 Å². The molecule has 88 valence electrons. The van der Waals surface area contributed by atoms with Gasteiger partial charge in [0, 0.05) is 19.5 Å². The van der Waals surface area contributed by atoms with Gasteiger partial charge in [0.2, 0.25) is 0 Å². The van der Waals surface area contributed by atoms with Crippen LogP contribution in [-0.2, 0) is 7.05 Å². The highest BCUT2D eigenvalue weighted by atomic mass is 16.1. The lowest BCUT2D eigenvalue weighted by atomic mass is 10.1. The molecule has 17 heavy (non-hydrogen) atoms. The van der Waals surface area contributed by atoms with Crippen LogP contribution in [0.15, 0.2) is 6.33 Å². The van der Waals surface area contributed by atoms with Crippen LogP contribution in [-0.4, -0.2) is 31.8 Å². The predicted octanol–water partition coefficient (Wildman–Crippen LogP) is 1.13. The Balaban J connectivity index is 2.65. The largest absolute Gasteiger partial charge is 0.349 e. The maximum Gasteiger partial charge on any atom is 0.198 e. The first-order valence-electron chi connectivity index (χ1n) is 5.09. The number of aromatic nitrogens is 4. The molecule has 0 aliphatic carbocycles. The van der Waals surface area contributed by atoms with Gasteiger partial charge in [-0.3, -0.25) is 14.3 Å². The molecule has 0 spiro atoms. The van der Waals surface area contributed by atoms with Crippen LogP contribution in [0.5, 0.6) is 0 Å². The second-order valence-electron chi connectivity index (χ2n) is 3.83. The molecule has 0 unspecified atom stereocenters. The summed E-state index contributed by atoms with van der Waals surface area (Å²) in [6, 6.07) is 0. The molecule has 0 atom stereocenters. The van der Waals surface area contributed by atoms with E-state index in [1.54, 1.807) is 14.0 Å². The number of hydrogen-bond donors (Lipinski definition) is 1. The molecule has 0 aliphatic heterocycles. The molecular weight excluding hydrogens is 220 g/mol. The van der Waals surface area contributed by atoms with Crippen LogP contribution in [0.1, 0.15) is 33.3 Å². The normalized spacial score (nSPS) is 10.5. The lowest BCUT2D eigenvalue weighted by Gasteiger charge is -1.92. The number of H-pyrrole nitrogens is 1. The minimum atomic E-state index is -0.118. The van der Waals surface area contributed by atoms with E-state index in [0.29, 0.717) is 34.6 Å². The average molecular weight is 232 g/mol. The van der Waals surface area contributed by atoms with E-state index in [1.165, 1.54) is 17.9 Å². The summed E-state index contributed by atoms with van der Waals surface area (Å²) in [5.41, 5.74) is 1.98. The van der Waals surface area contributed by atoms with Crippen molar-refractivity contribution < 1.29 is 9.59 Å². The van der Waals surface area contributed by atoms with Crippen molar-refractivity contribution in [1.82, 2.24) is 19.7 Å². The molecule has 2 rings (SSSR count). The average Bonchev–Trinajstić information content (AvgIpc) is 2.82. The Labute approximate surface area is 97.7 Å². The molecule has 6 heteroatoms. The number of carbonyl (C=O) groups excluding carboxylic acids is 2. The molecule has 2 aromatic heterocycles. The number of nitrogens with one attached hydrogen (secondary N) is 1. The second kappa shape index (κ2) is 3.97. The third kappa shape index (κ3) is 1.77. The fourth-order valence-corrected chi connectivity index (χ4v) is 1.74. The molecular formula is C11H12N4O2. The molecule has 6 nitrogen and oxygen atoms in total. The van der Waals surface area contributed by atoms with E-state index in [-0.39, 0.29) is 5.78 Å². The predicted molar refractivity (Wildman–Crippen MR) is 60.9 cm³/mol. The maximum absolute atomic E-state index is 11.4. The zero-order chi connectivity index (χ0) is 12.6. The van der Waals surface area contributed by atoms with Crippen LogP contribution in [0.25, 0.3) is 11.5 Å². The summed E-state index contributed by atoms with van der Waals surface area (Å²) in [4.78, 5) is 29.4. The number of nitrogens with zero attached hydrogens (tertiary/aromatic N) is 3. The Bertz CT molecular complexity index is 595. The van der Waals surface area contributed by atoms with Crippen LogP contribution in [0, 0.1) is 6.92 Å². The summed E-state index contributed by atoms with van der Waals surface area (Å²) in [7, 11) is 1.73. The van der Waals surface area contributed by atoms with E-state index >= 15 is 0 Å². The number of rotatable bonds is 3. The highest BCUT2D eigenvalue weighted by molar-refractivity contribution is 5.99.